The highest BCUT2D eigenvalue weighted by Crippen LogP contribution is 2.31. The smallest absolute Gasteiger partial charge is 0.422 e. The van der Waals surface area contributed by atoms with Gasteiger partial charge in [0.2, 0.25) is 0 Å². The Bertz CT molecular complexity index is 1520. The molecule has 3 heterocycles. The van der Waals surface area contributed by atoms with Crippen molar-refractivity contribution < 1.29 is 32.6 Å². The Morgan fingerprint density at radius 1 is 1.14 bits per heavy atom. The molecule has 0 radical (unpaired) electrons. The molecule has 9 nitrogen and oxygen atoms in total. The number of amides is 1. The van der Waals surface area contributed by atoms with Crippen LogP contribution in [0.1, 0.15) is 20.8 Å². The first-order valence-electron chi connectivity index (χ1n) is 11.1. The number of halogens is 3. The minimum atomic E-state index is -4.47. The van der Waals surface area contributed by atoms with E-state index in [0.717, 1.165) is 0 Å². The molecular formula is C25H22F3N5O4. The number of hydrogen-bond donors (Lipinski definition) is 2. The molecule has 1 aromatic carbocycles. The van der Waals surface area contributed by atoms with E-state index in [-0.39, 0.29) is 24.5 Å². The van der Waals surface area contributed by atoms with Gasteiger partial charge in [-0.2, -0.15) is 13.2 Å². The van der Waals surface area contributed by atoms with Crippen molar-refractivity contribution in [1.82, 2.24) is 19.3 Å². The van der Waals surface area contributed by atoms with Crippen LogP contribution in [-0.4, -0.2) is 57.3 Å². The molecule has 3 aromatic heterocycles. The highest BCUT2D eigenvalue weighted by atomic mass is 19.4. The van der Waals surface area contributed by atoms with E-state index in [1.807, 2.05) is 0 Å². The number of hydrogen-bond acceptors (Lipinski definition) is 5. The van der Waals surface area contributed by atoms with Gasteiger partial charge in [0.15, 0.2) is 6.61 Å². The zero-order valence-corrected chi connectivity index (χ0v) is 19.6. The molecule has 0 unspecified atom stereocenters. The summed E-state index contributed by atoms with van der Waals surface area (Å²) in [6.07, 6.45) is 0.199. The molecule has 0 bridgehead atoms. The maximum Gasteiger partial charge on any atom is 0.422 e. The Balaban J connectivity index is 1.49. The third-order valence-electron chi connectivity index (χ3n) is 5.46. The minimum Gasteiger partial charge on any atom is -0.483 e. The van der Waals surface area contributed by atoms with Crippen molar-refractivity contribution in [1.29, 1.82) is 0 Å². The van der Waals surface area contributed by atoms with Gasteiger partial charge >= 0.3 is 12.1 Å². The van der Waals surface area contributed by atoms with E-state index in [4.69, 9.17) is 4.74 Å². The van der Waals surface area contributed by atoms with Gasteiger partial charge in [-0.15, -0.1) is 0 Å². The molecule has 37 heavy (non-hydrogen) atoms. The van der Waals surface area contributed by atoms with Crippen LogP contribution in [0.4, 0.5) is 13.2 Å². The Morgan fingerprint density at radius 3 is 2.65 bits per heavy atom. The second-order valence-electron chi connectivity index (χ2n) is 7.94. The molecule has 0 saturated heterocycles. The Kier molecular flexibility index (Phi) is 7.27. The Labute approximate surface area is 208 Å². The maximum absolute atomic E-state index is 12.7. The number of nitrogens with zero attached hydrogens (tertiary/aromatic N) is 4. The molecular weight excluding hydrogens is 491 g/mol. The topological polar surface area (TPSA) is 110 Å². The zero-order chi connectivity index (χ0) is 26.6. The number of ether oxygens (including phenoxy) is 1. The van der Waals surface area contributed by atoms with Crippen LogP contribution < -0.4 is 15.4 Å². The van der Waals surface area contributed by atoms with Crippen LogP contribution in [0.3, 0.4) is 0 Å². The minimum absolute atomic E-state index is 0.0446. The van der Waals surface area contributed by atoms with Gasteiger partial charge in [-0.05, 0) is 36.4 Å². The van der Waals surface area contributed by atoms with Crippen molar-refractivity contribution in [3.05, 3.63) is 83.7 Å². The molecule has 0 aliphatic heterocycles. The lowest BCUT2D eigenvalue weighted by Crippen LogP contribution is -2.29. The lowest BCUT2D eigenvalue weighted by Gasteiger charge is -2.13. The molecule has 2 N–H and O–H groups in total. The van der Waals surface area contributed by atoms with Crippen LogP contribution in [0, 0.1) is 0 Å². The quantitative estimate of drug-likeness (QED) is 0.375. The monoisotopic (exact) mass is 513 g/mol. The highest BCUT2D eigenvalue weighted by molar-refractivity contribution is 5.95. The fraction of sp³-hybridized carbons (Fsp3) is 0.200. The number of aromatic carboxylic acids is 1. The molecule has 0 atom stereocenters. The number of benzene rings is 1. The van der Waals surface area contributed by atoms with E-state index in [1.165, 1.54) is 22.9 Å². The summed E-state index contributed by atoms with van der Waals surface area (Å²) in [6.45, 7) is -1.03. The molecule has 0 aliphatic carbocycles. The Hall–Kier alpha value is -4.61. The van der Waals surface area contributed by atoms with Gasteiger partial charge in [-0.3, -0.25) is 14.2 Å². The van der Waals surface area contributed by atoms with Crippen molar-refractivity contribution in [2.45, 2.75) is 12.7 Å². The number of carboxylic acid groups (broad SMARTS) is 1. The summed E-state index contributed by atoms with van der Waals surface area (Å²) in [4.78, 5) is 32.5. The first kappa shape index (κ1) is 25.5. The summed E-state index contributed by atoms with van der Waals surface area (Å²) in [5.74, 6) is -1.44. The summed E-state index contributed by atoms with van der Waals surface area (Å²) in [5, 5.41) is 12.7. The molecule has 12 heteroatoms. The molecule has 0 aliphatic rings. The number of carbonyl (C=O) groups excluding carboxylic acids is 1. The fourth-order valence-electron chi connectivity index (χ4n) is 3.71. The van der Waals surface area contributed by atoms with Crippen molar-refractivity contribution >= 4 is 17.5 Å². The molecule has 0 saturated carbocycles. The maximum atomic E-state index is 12.7. The third kappa shape index (κ3) is 5.97. The zero-order valence-electron chi connectivity index (χ0n) is 19.6. The van der Waals surface area contributed by atoms with Crippen molar-refractivity contribution in [3.63, 3.8) is 0 Å². The van der Waals surface area contributed by atoms with Crippen molar-refractivity contribution in [2.75, 3.05) is 20.2 Å². The number of pyridine rings is 2. The van der Waals surface area contributed by atoms with Gasteiger partial charge in [-0.25, -0.2) is 9.78 Å². The number of carbonyl (C=O) groups is 2. The fourth-order valence-corrected chi connectivity index (χ4v) is 3.71. The van der Waals surface area contributed by atoms with Gasteiger partial charge in [0.25, 0.3) is 5.91 Å². The van der Waals surface area contributed by atoms with Crippen molar-refractivity contribution in [2.24, 2.45) is 4.99 Å². The average Bonchev–Trinajstić information content (AvgIpc) is 3.30. The number of fused-ring (bicyclic) bond motifs is 1. The molecule has 1 amide bonds. The van der Waals surface area contributed by atoms with E-state index >= 15 is 0 Å². The van der Waals surface area contributed by atoms with E-state index < -0.39 is 24.7 Å². The molecule has 0 spiro atoms. The van der Waals surface area contributed by atoms with E-state index in [9.17, 15) is 27.9 Å². The predicted octanol–water partition coefficient (Wildman–Crippen LogP) is 3.40. The SMILES string of the molecule is CN=c1ccn(CCNC(=O)c2ccn3c(-c4ccccc4OCC(F)(F)F)cnc3c2)c(C(=O)O)c1. The van der Waals surface area contributed by atoms with Crippen LogP contribution in [0.2, 0.25) is 0 Å². The normalized spacial score (nSPS) is 12.1. The number of imidazole rings is 1. The second kappa shape index (κ2) is 10.6. The summed E-state index contributed by atoms with van der Waals surface area (Å²) < 4.78 is 46.1. The summed E-state index contributed by atoms with van der Waals surface area (Å²) in [5.41, 5.74) is 1.69. The van der Waals surface area contributed by atoms with E-state index in [0.29, 0.717) is 27.8 Å². The lowest BCUT2D eigenvalue weighted by molar-refractivity contribution is -0.153. The van der Waals surface area contributed by atoms with Gasteiger partial charge in [-0.1, -0.05) is 12.1 Å². The van der Waals surface area contributed by atoms with Crippen LogP contribution in [0.15, 0.2) is 72.1 Å². The standard InChI is InChI=1S/C25H22F3N5O4/c1-29-17-7-9-32(19(13-17)24(35)36)11-8-30-23(34)16-6-10-33-20(14-31-22(33)12-16)18-4-2-3-5-21(18)37-15-25(26,27)28/h2-7,9-10,12-14H,8,11,15H2,1H3,(H,30,34)(H,35,36). The van der Waals surface area contributed by atoms with Crippen LogP contribution >= 0.6 is 0 Å². The van der Waals surface area contributed by atoms with Gasteiger partial charge in [0, 0.05) is 43.7 Å². The van der Waals surface area contributed by atoms with Crippen LogP contribution in [-0.2, 0) is 6.54 Å². The number of rotatable bonds is 8. The number of nitrogens with one attached hydrogen (secondary N) is 1. The van der Waals surface area contributed by atoms with Crippen molar-refractivity contribution in [3.8, 4) is 17.0 Å². The Morgan fingerprint density at radius 2 is 1.92 bits per heavy atom. The summed E-state index contributed by atoms with van der Waals surface area (Å²) >= 11 is 0. The number of carboxylic acids is 1. The average molecular weight is 513 g/mol. The first-order chi connectivity index (χ1) is 17.7. The molecule has 4 aromatic rings. The number of alkyl halides is 3. The first-order valence-corrected chi connectivity index (χ1v) is 11.1. The predicted molar refractivity (Wildman–Crippen MR) is 127 cm³/mol. The van der Waals surface area contributed by atoms with E-state index in [1.54, 1.807) is 60.2 Å². The van der Waals surface area contributed by atoms with E-state index in [2.05, 4.69) is 15.3 Å². The molecule has 4 rings (SSSR count). The number of para-hydroxylation sites is 1. The second-order valence-corrected chi connectivity index (χ2v) is 7.94. The number of aromatic nitrogens is 3. The van der Waals surface area contributed by atoms with Gasteiger partial charge < -0.3 is 19.7 Å². The summed E-state index contributed by atoms with van der Waals surface area (Å²) in [7, 11) is 1.56. The molecule has 0 fully saturated rings. The van der Waals surface area contributed by atoms with Gasteiger partial charge in [0.1, 0.15) is 17.1 Å². The van der Waals surface area contributed by atoms with Gasteiger partial charge in [0.05, 0.1) is 17.2 Å². The third-order valence-corrected chi connectivity index (χ3v) is 5.46. The van der Waals surface area contributed by atoms with Crippen LogP contribution in [0.25, 0.3) is 16.9 Å². The van der Waals surface area contributed by atoms with Crippen LogP contribution in [0.5, 0.6) is 5.75 Å². The largest absolute Gasteiger partial charge is 0.483 e. The molecule has 192 valence electrons. The lowest BCUT2D eigenvalue weighted by atomic mass is 10.1. The highest BCUT2D eigenvalue weighted by Gasteiger charge is 2.29. The summed E-state index contributed by atoms with van der Waals surface area (Å²) in [6, 6.07) is 12.5.